The number of rotatable bonds is 2. The van der Waals surface area contributed by atoms with Crippen molar-refractivity contribution in [3.8, 4) is 11.1 Å². The first-order valence-electron chi connectivity index (χ1n) is 6.67. The zero-order valence-electron chi connectivity index (χ0n) is 12.5. The van der Waals surface area contributed by atoms with E-state index in [9.17, 15) is 14.4 Å². The molecule has 1 heterocycles. The molecule has 3 N–H and O–H groups in total. The molecule has 0 unspecified atom stereocenters. The average Bonchev–Trinajstić information content (AvgIpc) is 2.36. The van der Waals surface area contributed by atoms with Crippen LogP contribution in [-0.2, 0) is 4.74 Å². The first kappa shape index (κ1) is 15.6. The minimum absolute atomic E-state index is 0.299. The van der Waals surface area contributed by atoms with Crippen LogP contribution in [0.4, 0.5) is 10.5 Å². The number of hydrogen-bond donors (Lipinski definition) is 3. The second kappa shape index (κ2) is 5.88. The topological polar surface area (TPSA) is 104 Å². The number of benzene rings is 1. The first-order valence-corrected chi connectivity index (χ1v) is 6.67. The summed E-state index contributed by atoms with van der Waals surface area (Å²) in [5, 5.41) is 2.59. The summed E-state index contributed by atoms with van der Waals surface area (Å²) in [6.45, 7) is 5.30. The van der Waals surface area contributed by atoms with E-state index in [2.05, 4.69) is 15.3 Å². The zero-order chi connectivity index (χ0) is 16.3. The van der Waals surface area contributed by atoms with Crippen molar-refractivity contribution in [2.75, 3.05) is 5.32 Å². The molecule has 0 saturated carbocycles. The molecule has 0 radical (unpaired) electrons. The number of aromatic amines is 2. The molecule has 7 heteroatoms. The quantitative estimate of drug-likeness (QED) is 0.790. The van der Waals surface area contributed by atoms with E-state index in [0.29, 0.717) is 16.8 Å². The highest BCUT2D eigenvalue weighted by atomic mass is 16.6. The van der Waals surface area contributed by atoms with Crippen molar-refractivity contribution in [1.29, 1.82) is 0 Å². The molecule has 0 fully saturated rings. The minimum atomic E-state index is -0.599. The molecule has 1 amide bonds. The zero-order valence-corrected chi connectivity index (χ0v) is 12.5. The van der Waals surface area contributed by atoms with Gasteiger partial charge in [-0.3, -0.25) is 15.1 Å². The Kier molecular flexibility index (Phi) is 4.16. The van der Waals surface area contributed by atoms with E-state index >= 15 is 0 Å². The lowest BCUT2D eigenvalue weighted by Gasteiger charge is -2.19. The molecule has 0 atom stereocenters. The van der Waals surface area contributed by atoms with Gasteiger partial charge in [0.25, 0.3) is 5.56 Å². The highest BCUT2D eigenvalue weighted by Gasteiger charge is 2.16. The lowest BCUT2D eigenvalue weighted by Crippen LogP contribution is -2.27. The Morgan fingerprint density at radius 2 is 1.95 bits per heavy atom. The van der Waals surface area contributed by atoms with Crippen LogP contribution >= 0.6 is 0 Å². The van der Waals surface area contributed by atoms with Crippen LogP contribution in [0.1, 0.15) is 20.8 Å². The van der Waals surface area contributed by atoms with E-state index < -0.39 is 22.9 Å². The number of ether oxygens (including phenoxy) is 1. The van der Waals surface area contributed by atoms with E-state index in [1.165, 1.54) is 6.20 Å². The molecular weight excluding hydrogens is 286 g/mol. The van der Waals surface area contributed by atoms with E-state index in [4.69, 9.17) is 4.74 Å². The fraction of sp³-hybridized carbons (Fsp3) is 0.267. The van der Waals surface area contributed by atoms with E-state index in [1.807, 2.05) is 0 Å². The lowest BCUT2D eigenvalue weighted by molar-refractivity contribution is 0.0636. The maximum Gasteiger partial charge on any atom is 0.412 e. The highest BCUT2D eigenvalue weighted by Crippen LogP contribution is 2.19. The van der Waals surface area contributed by atoms with Crippen LogP contribution in [0.15, 0.2) is 40.1 Å². The molecule has 0 saturated heterocycles. The largest absolute Gasteiger partial charge is 0.444 e. The van der Waals surface area contributed by atoms with Gasteiger partial charge in [0.05, 0.1) is 5.56 Å². The molecular formula is C15H17N3O4. The molecule has 0 aliphatic heterocycles. The maximum atomic E-state index is 11.8. The molecule has 2 rings (SSSR count). The van der Waals surface area contributed by atoms with Gasteiger partial charge >= 0.3 is 11.8 Å². The van der Waals surface area contributed by atoms with Crippen molar-refractivity contribution in [2.45, 2.75) is 26.4 Å². The van der Waals surface area contributed by atoms with Crippen molar-refractivity contribution < 1.29 is 9.53 Å². The number of anilines is 1. The summed E-state index contributed by atoms with van der Waals surface area (Å²) in [7, 11) is 0. The molecule has 116 valence electrons. The van der Waals surface area contributed by atoms with Gasteiger partial charge in [0.2, 0.25) is 0 Å². The van der Waals surface area contributed by atoms with E-state index in [1.54, 1.807) is 45.0 Å². The van der Waals surface area contributed by atoms with Crippen LogP contribution in [-0.4, -0.2) is 21.7 Å². The smallest absolute Gasteiger partial charge is 0.412 e. The van der Waals surface area contributed by atoms with Crippen LogP contribution in [0.3, 0.4) is 0 Å². The predicted octanol–water partition coefficient (Wildman–Crippen LogP) is 2.08. The number of hydrogen-bond acceptors (Lipinski definition) is 4. The summed E-state index contributed by atoms with van der Waals surface area (Å²) >= 11 is 0. The summed E-state index contributed by atoms with van der Waals surface area (Å²) in [6, 6.07) is 6.68. The number of carbonyl (C=O) groups excluding carboxylic acids is 1. The average molecular weight is 303 g/mol. The molecule has 7 nitrogen and oxygen atoms in total. The van der Waals surface area contributed by atoms with E-state index in [0.717, 1.165) is 0 Å². The summed E-state index contributed by atoms with van der Waals surface area (Å²) in [5.41, 5.74) is -0.330. The highest BCUT2D eigenvalue weighted by molar-refractivity contribution is 5.86. The van der Waals surface area contributed by atoms with Crippen LogP contribution in [0.25, 0.3) is 11.1 Å². The summed E-state index contributed by atoms with van der Waals surface area (Å²) in [4.78, 5) is 39.1. The fourth-order valence-corrected chi connectivity index (χ4v) is 1.81. The molecule has 0 aliphatic rings. The number of H-pyrrole nitrogens is 2. The van der Waals surface area contributed by atoms with Gasteiger partial charge < -0.3 is 9.72 Å². The maximum absolute atomic E-state index is 11.8. The Labute approximate surface area is 126 Å². The Bertz CT molecular complexity index is 799. The molecule has 22 heavy (non-hydrogen) atoms. The van der Waals surface area contributed by atoms with Gasteiger partial charge in [0.15, 0.2) is 0 Å². The van der Waals surface area contributed by atoms with Crippen LogP contribution in [0, 0.1) is 0 Å². The van der Waals surface area contributed by atoms with Crippen molar-refractivity contribution in [3.05, 3.63) is 51.3 Å². The summed E-state index contributed by atoms with van der Waals surface area (Å²) < 4.78 is 5.16. The Morgan fingerprint density at radius 3 is 2.59 bits per heavy atom. The number of nitrogens with one attached hydrogen (secondary N) is 3. The van der Waals surface area contributed by atoms with Crippen molar-refractivity contribution in [2.24, 2.45) is 0 Å². The van der Waals surface area contributed by atoms with Crippen LogP contribution < -0.4 is 16.6 Å². The predicted molar refractivity (Wildman–Crippen MR) is 83.0 cm³/mol. The molecule has 1 aromatic carbocycles. The molecule has 2 aromatic rings. The monoisotopic (exact) mass is 303 g/mol. The van der Waals surface area contributed by atoms with Crippen molar-refractivity contribution in [3.63, 3.8) is 0 Å². The molecule has 0 aliphatic carbocycles. The normalized spacial score (nSPS) is 11.0. The van der Waals surface area contributed by atoms with Gasteiger partial charge in [-0.2, -0.15) is 0 Å². The van der Waals surface area contributed by atoms with Gasteiger partial charge in [-0.15, -0.1) is 0 Å². The number of amides is 1. The minimum Gasteiger partial charge on any atom is -0.444 e. The summed E-state index contributed by atoms with van der Waals surface area (Å²) in [6.07, 6.45) is 0.744. The second-order valence-corrected chi connectivity index (χ2v) is 5.69. The van der Waals surface area contributed by atoms with Crippen molar-refractivity contribution in [1.82, 2.24) is 9.97 Å². The van der Waals surface area contributed by atoms with Crippen LogP contribution in [0.2, 0.25) is 0 Å². The second-order valence-electron chi connectivity index (χ2n) is 5.69. The Hall–Kier alpha value is -2.83. The number of carbonyl (C=O) groups is 1. The standard InChI is InChI=1S/C15H17N3O4/c1-15(2,3)22-14(21)17-10-6-4-5-9(7-10)11-8-16-13(20)18-12(11)19/h4-8H,1-3H3,(H,17,21)(H2,16,18,19,20). The first-order chi connectivity index (χ1) is 10.2. The summed E-state index contributed by atoms with van der Waals surface area (Å²) in [5.74, 6) is 0. The van der Waals surface area contributed by atoms with Gasteiger partial charge in [0.1, 0.15) is 5.60 Å². The number of aromatic nitrogens is 2. The lowest BCUT2D eigenvalue weighted by atomic mass is 10.1. The van der Waals surface area contributed by atoms with Crippen molar-refractivity contribution >= 4 is 11.8 Å². The Balaban J connectivity index is 2.25. The third-order valence-corrected chi connectivity index (χ3v) is 2.64. The van der Waals surface area contributed by atoms with Gasteiger partial charge in [-0.1, -0.05) is 12.1 Å². The fourth-order valence-electron chi connectivity index (χ4n) is 1.81. The third kappa shape index (κ3) is 4.08. The molecule has 0 bridgehead atoms. The van der Waals surface area contributed by atoms with E-state index in [-0.39, 0.29) is 0 Å². The molecule has 0 spiro atoms. The third-order valence-electron chi connectivity index (χ3n) is 2.64. The Morgan fingerprint density at radius 1 is 1.23 bits per heavy atom. The molecule has 1 aromatic heterocycles. The van der Waals surface area contributed by atoms with Gasteiger partial charge in [-0.25, -0.2) is 9.59 Å². The van der Waals surface area contributed by atoms with Gasteiger partial charge in [-0.05, 0) is 38.5 Å². The SMILES string of the molecule is CC(C)(C)OC(=O)Nc1cccc(-c2c[nH]c(=O)[nH]c2=O)c1. The van der Waals surface area contributed by atoms with Crippen LogP contribution in [0.5, 0.6) is 0 Å². The van der Waals surface area contributed by atoms with Gasteiger partial charge in [0, 0.05) is 11.9 Å².